The average molecular weight is 307 g/mol. The smallest absolute Gasteiger partial charge is 0.260 e. The van der Waals surface area contributed by atoms with Crippen LogP contribution in [0.15, 0.2) is 11.2 Å². The normalized spacial score (nSPS) is 22.5. The molecule has 8 heteroatoms. The Morgan fingerprint density at radius 1 is 1.53 bits per heavy atom. The van der Waals surface area contributed by atoms with Gasteiger partial charge in [0.15, 0.2) is 5.03 Å². The molecule has 3 heterocycles. The van der Waals surface area contributed by atoms with E-state index in [9.17, 15) is 8.42 Å². The lowest BCUT2D eigenvalue weighted by atomic mass is 10.3. The van der Waals surface area contributed by atoms with Crippen LogP contribution in [-0.2, 0) is 23.0 Å². The van der Waals surface area contributed by atoms with Gasteiger partial charge < -0.3 is 9.88 Å². The van der Waals surface area contributed by atoms with Crippen molar-refractivity contribution in [2.75, 3.05) is 20.1 Å². The Kier molecular flexibility index (Phi) is 4.20. The average Bonchev–Trinajstić information content (AvgIpc) is 3.04. The lowest BCUT2D eigenvalue weighted by molar-refractivity contribution is 0.383. The number of aryl methyl sites for hydroxylation is 1. The number of rotatable bonds is 3. The summed E-state index contributed by atoms with van der Waals surface area (Å²) in [4.78, 5) is 4.21. The molecule has 0 spiro atoms. The van der Waals surface area contributed by atoms with E-state index in [1.165, 1.54) is 10.5 Å². The number of aromatic nitrogens is 2. The van der Waals surface area contributed by atoms with Crippen molar-refractivity contribution in [1.29, 1.82) is 0 Å². The minimum Gasteiger partial charge on any atom is -0.318 e. The lowest BCUT2D eigenvalue weighted by Gasteiger charge is -2.23. The summed E-state index contributed by atoms with van der Waals surface area (Å²) in [7, 11) is -1.74. The number of imidazole rings is 1. The third-order valence-electron chi connectivity index (χ3n) is 3.88. The molecule has 1 aromatic rings. The van der Waals surface area contributed by atoms with Crippen LogP contribution in [0.1, 0.15) is 18.7 Å². The molecular formula is C11H19ClN4O2S. The molecule has 1 aromatic heterocycles. The molecule has 1 N–H and O–H groups in total. The second kappa shape index (κ2) is 5.40. The van der Waals surface area contributed by atoms with Gasteiger partial charge >= 0.3 is 0 Å². The Morgan fingerprint density at radius 2 is 2.32 bits per heavy atom. The monoisotopic (exact) mass is 306 g/mol. The van der Waals surface area contributed by atoms with Crippen molar-refractivity contribution in [3.8, 4) is 0 Å². The van der Waals surface area contributed by atoms with Gasteiger partial charge in [0.1, 0.15) is 5.82 Å². The molecule has 0 aliphatic carbocycles. The van der Waals surface area contributed by atoms with Crippen LogP contribution >= 0.6 is 12.4 Å². The number of sulfonamides is 1. The molecule has 0 saturated carbocycles. The zero-order chi connectivity index (χ0) is 12.8. The summed E-state index contributed by atoms with van der Waals surface area (Å²) in [6, 6.07) is 0.0579. The summed E-state index contributed by atoms with van der Waals surface area (Å²) in [5.74, 6) is 0.895. The molecule has 0 radical (unpaired) electrons. The van der Waals surface area contributed by atoms with Gasteiger partial charge in [0.2, 0.25) is 0 Å². The van der Waals surface area contributed by atoms with E-state index in [0.717, 1.165) is 44.7 Å². The van der Waals surface area contributed by atoms with E-state index in [-0.39, 0.29) is 18.4 Å². The van der Waals surface area contributed by atoms with Gasteiger partial charge in [0, 0.05) is 32.6 Å². The Balaban J connectivity index is 0.00000133. The van der Waals surface area contributed by atoms with Crippen molar-refractivity contribution in [3.05, 3.63) is 12.0 Å². The predicted octanol–water partition coefficient (Wildman–Crippen LogP) is 0.233. The molecule has 2 aliphatic heterocycles. The molecule has 0 amide bonds. The van der Waals surface area contributed by atoms with Gasteiger partial charge in [-0.25, -0.2) is 13.4 Å². The Bertz CT molecular complexity index is 551. The van der Waals surface area contributed by atoms with Gasteiger partial charge in [-0.05, 0) is 19.4 Å². The third kappa shape index (κ3) is 2.40. The SMILES string of the molecule is CN(C1CCNC1)S(=O)(=O)c1cnc2n1CCC2.Cl. The highest BCUT2D eigenvalue weighted by molar-refractivity contribution is 7.89. The van der Waals surface area contributed by atoms with Gasteiger partial charge in [-0.15, -0.1) is 12.4 Å². The molecule has 0 aromatic carbocycles. The highest BCUT2D eigenvalue weighted by Crippen LogP contribution is 2.24. The molecule has 108 valence electrons. The summed E-state index contributed by atoms with van der Waals surface area (Å²) in [5, 5.41) is 3.55. The summed E-state index contributed by atoms with van der Waals surface area (Å²) in [6.45, 7) is 2.38. The summed E-state index contributed by atoms with van der Waals surface area (Å²) < 4.78 is 28.5. The van der Waals surface area contributed by atoms with Gasteiger partial charge in [0.25, 0.3) is 10.0 Å². The maximum atomic E-state index is 12.6. The molecule has 1 fully saturated rings. The number of nitrogens with zero attached hydrogens (tertiary/aromatic N) is 3. The zero-order valence-electron chi connectivity index (χ0n) is 10.9. The molecule has 3 rings (SSSR count). The second-order valence-electron chi connectivity index (χ2n) is 4.94. The Morgan fingerprint density at radius 3 is 3.00 bits per heavy atom. The van der Waals surface area contributed by atoms with Crippen LogP contribution in [0.4, 0.5) is 0 Å². The van der Waals surface area contributed by atoms with Gasteiger partial charge in [0.05, 0.1) is 6.20 Å². The van der Waals surface area contributed by atoms with Crippen molar-refractivity contribution in [3.63, 3.8) is 0 Å². The fraction of sp³-hybridized carbons (Fsp3) is 0.727. The summed E-state index contributed by atoms with van der Waals surface area (Å²) in [6.07, 6.45) is 4.24. The summed E-state index contributed by atoms with van der Waals surface area (Å²) >= 11 is 0. The van der Waals surface area contributed by atoms with Crippen molar-refractivity contribution in [2.45, 2.75) is 36.9 Å². The largest absolute Gasteiger partial charge is 0.318 e. The van der Waals surface area contributed by atoms with E-state index < -0.39 is 10.0 Å². The van der Waals surface area contributed by atoms with Crippen molar-refractivity contribution in [2.24, 2.45) is 0 Å². The molecule has 1 atom stereocenters. The molecule has 19 heavy (non-hydrogen) atoms. The van der Waals surface area contributed by atoms with E-state index in [1.807, 2.05) is 4.57 Å². The topological polar surface area (TPSA) is 67.2 Å². The van der Waals surface area contributed by atoms with Gasteiger partial charge in [-0.1, -0.05) is 0 Å². The Hall–Kier alpha value is -0.630. The van der Waals surface area contributed by atoms with Crippen LogP contribution < -0.4 is 5.32 Å². The van der Waals surface area contributed by atoms with Crippen LogP contribution in [0.3, 0.4) is 0 Å². The van der Waals surface area contributed by atoms with E-state index in [4.69, 9.17) is 0 Å². The van der Waals surface area contributed by atoms with Crippen molar-refractivity contribution < 1.29 is 8.42 Å². The predicted molar refractivity (Wildman–Crippen MR) is 74.0 cm³/mol. The van der Waals surface area contributed by atoms with Crippen LogP contribution in [0, 0.1) is 0 Å². The zero-order valence-corrected chi connectivity index (χ0v) is 12.5. The van der Waals surface area contributed by atoms with Gasteiger partial charge in [-0.2, -0.15) is 4.31 Å². The maximum Gasteiger partial charge on any atom is 0.260 e. The number of hydrogen-bond acceptors (Lipinski definition) is 4. The number of likely N-dealkylation sites (N-methyl/N-ethyl adjacent to an activating group) is 1. The minimum absolute atomic E-state index is 0. The lowest BCUT2D eigenvalue weighted by Crippen LogP contribution is -2.39. The molecule has 1 saturated heterocycles. The first-order valence-electron chi connectivity index (χ1n) is 6.34. The standard InChI is InChI=1S/C11H18N4O2S.ClH/c1-14(9-4-5-12-7-9)18(16,17)11-8-13-10-3-2-6-15(10)11;/h8-9,12H,2-7H2,1H3;1H. The quantitative estimate of drug-likeness (QED) is 0.868. The Labute approximate surface area is 119 Å². The first-order valence-corrected chi connectivity index (χ1v) is 7.78. The fourth-order valence-electron chi connectivity index (χ4n) is 2.73. The first-order chi connectivity index (χ1) is 8.60. The summed E-state index contributed by atoms with van der Waals surface area (Å²) in [5.41, 5.74) is 0. The van der Waals surface area contributed by atoms with Crippen molar-refractivity contribution in [1.82, 2.24) is 19.2 Å². The van der Waals surface area contributed by atoms with E-state index in [2.05, 4.69) is 10.3 Å². The highest BCUT2D eigenvalue weighted by atomic mass is 35.5. The van der Waals surface area contributed by atoms with E-state index in [0.29, 0.717) is 5.03 Å². The molecular weight excluding hydrogens is 288 g/mol. The number of hydrogen-bond donors (Lipinski definition) is 1. The third-order valence-corrected chi connectivity index (χ3v) is 5.79. The van der Waals surface area contributed by atoms with Gasteiger partial charge in [-0.3, -0.25) is 0 Å². The molecule has 2 aliphatic rings. The van der Waals surface area contributed by atoms with Crippen LogP contribution in [0.2, 0.25) is 0 Å². The minimum atomic E-state index is -3.41. The molecule has 0 bridgehead atoms. The molecule has 1 unspecified atom stereocenters. The maximum absolute atomic E-state index is 12.6. The van der Waals surface area contributed by atoms with E-state index >= 15 is 0 Å². The van der Waals surface area contributed by atoms with Crippen LogP contribution in [0.5, 0.6) is 0 Å². The number of halogens is 1. The number of fused-ring (bicyclic) bond motifs is 1. The van der Waals surface area contributed by atoms with Crippen LogP contribution in [0.25, 0.3) is 0 Å². The van der Waals surface area contributed by atoms with Crippen molar-refractivity contribution >= 4 is 22.4 Å². The highest BCUT2D eigenvalue weighted by Gasteiger charge is 2.33. The number of nitrogens with one attached hydrogen (secondary N) is 1. The van der Waals surface area contributed by atoms with E-state index in [1.54, 1.807) is 7.05 Å². The second-order valence-corrected chi connectivity index (χ2v) is 6.88. The van der Waals surface area contributed by atoms with Crippen LogP contribution in [-0.4, -0.2) is 48.5 Å². The fourth-order valence-corrected chi connectivity index (χ4v) is 4.26. The first kappa shape index (κ1) is 14.8. The molecule has 6 nitrogen and oxygen atoms in total.